The van der Waals surface area contributed by atoms with Gasteiger partial charge in [-0.25, -0.2) is 9.78 Å². The minimum absolute atomic E-state index is 0.0564. The number of imide groups is 2. The molecule has 3 aliphatic heterocycles. The van der Waals surface area contributed by atoms with Crippen molar-refractivity contribution >= 4 is 65.4 Å². The van der Waals surface area contributed by atoms with Crippen LogP contribution in [-0.2, 0) is 40.7 Å². The maximum Gasteiger partial charge on any atom is 0.339 e. The molecule has 2 atom stereocenters. The minimum Gasteiger partial charge on any atom is -0.451 e. The first-order chi connectivity index (χ1) is 31.8. The number of piperidine rings is 1. The summed E-state index contributed by atoms with van der Waals surface area (Å²) in [5.74, 6) is -1.55. The number of fused-ring (bicyclic) bond motifs is 2. The first-order valence-corrected chi connectivity index (χ1v) is 21.8. The minimum atomic E-state index is -1.25. The van der Waals surface area contributed by atoms with Crippen LogP contribution in [0.15, 0.2) is 77.3 Å². The van der Waals surface area contributed by atoms with E-state index in [9.17, 15) is 29.1 Å². The van der Waals surface area contributed by atoms with E-state index in [4.69, 9.17) is 36.2 Å². The van der Waals surface area contributed by atoms with E-state index in [-0.39, 0.29) is 54.2 Å². The molecule has 0 bridgehead atoms. The summed E-state index contributed by atoms with van der Waals surface area (Å²) in [6, 6.07) is 18.3. The third-order valence-electron chi connectivity index (χ3n) is 11.1. The van der Waals surface area contributed by atoms with Crippen LogP contribution in [0.25, 0.3) is 11.5 Å². The highest BCUT2D eigenvalue weighted by Gasteiger charge is 2.45. The number of hydrogen-bond donors (Lipinski definition) is 7. The third kappa shape index (κ3) is 10.0. The zero-order valence-corrected chi connectivity index (χ0v) is 37.0. The lowest BCUT2D eigenvalue weighted by Crippen LogP contribution is -2.54. The van der Waals surface area contributed by atoms with Gasteiger partial charge in [-0.3, -0.25) is 29.4 Å². The van der Waals surface area contributed by atoms with Crippen LogP contribution in [0.3, 0.4) is 0 Å². The molecule has 4 amide bonds. The standard InChI is InChI=1S/C45H48N10O10S/c1-44(2)33-23-28(9-11-30(33)42(61)65-44)49-43-48-24-32(37(51-43)52-45(66,25-56)26-6-4-3-5-7-26)39-54-53-36(64-39)14-15-46-16-18-62-20-21-63-19-17-47-27-8-10-29-31(22-27)41(60)55(40(29)59)34-12-13-35(57)50-38(34)58/h3-11,22-24,34,46-47,56,66H,12-21,25H2,1-2H3,(H,50,57,58)(H2,48,49,51,52)/t34?,45-/m1/s1. The molecule has 5 aromatic rings. The van der Waals surface area contributed by atoms with Crippen molar-refractivity contribution in [2.45, 2.75) is 49.6 Å². The number of anilines is 4. The zero-order chi connectivity index (χ0) is 46.4. The maximum atomic E-state index is 13.1. The van der Waals surface area contributed by atoms with Gasteiger partial charge in [0.2, 0.25) is 23.7 Å². The lowest BCUT2D eigenvalue weighted by Gasteiger charge is -2.29. The van der Waals surface area contributed by atoms with E-state index in [0.29, 0.717) is 86.4 Å². The molecule has 1 fully saturated rings. The van der Waals surface area contributed by atoms with Crippen molar-refractivity contribution in [3.63, 3.8) is 0 Å². The molecule has 0 spiro atoms. The van der Waals surface area contributed by atoms with Gasteiger partial charge in [0.25, 0.3) is 17.7 Å². The first-order valence-electron chi connectivity index (χ1n) is 21.3. The molecule has 1 saturated heterocycles. The summed E-state index contributed by atoms with van der Waals surface area (Å²) < 4.78 is 22.9. The molecule has 5 heterocycles. The molecule has 0 saturated carbocycles. The van der Waals surface area contributed by atoms with Gasteiger partial charge in [-0.05, 0) is 62.2 Å². The summed E-state index contributed by atoms with van der Waals surface area (Å²) in [5, 5.41) is 34.1. The number of thiol groups is 1. The largest absolute Gasteiger partial charge is 0.451 e. The highest BCUT2D eigenvalue weighted by molar-refractivity contribution is 7.81. The Kier molecular flexibility index (Phi) is 13.7. The number of aliphatic hydroxyl groups excluding tert-OH is 1. The summed E-state index contributed by atoms with van der Waals surface area (Å²) in [4.78, 5) is 71.1. The lowest BCUT2D eigenvalue weighted by atomic mass is 9.95. The van der Waals surface area contributed by atoms with Gasteiger partial charge < -0.3 is 45.0 Å². The molecule has 6 N–H and O–H groups in total. The monoisotopic (exact) mass is 920 g/mol. The third-order valence-corrected chi connectivity index (χ3v) is 11.6. The van der Waals surface area contributed by atoms with Gasteiger partial charge >= 0.3 is 5.97 Å². The number of aromatic nitrogens is 4. The average Bonchev–Trinajstić information content (AvgIpc) is 3.94. The first kappa shape index (κ1) is 45.8. The number of benzene rings is 3. The Morgan fingerprint density at radius 3 is 2.39 bits per heavy atom. The topological polar surface area (TPSA) is 261 Å². The van der Waals surface area contributed by atoms with Gasteiger partial charge in [-0.15, -0.1) is 22.8 Å². The highest BCUT2D eigenvalue weighted by atomic mass is 32.1. The van der Waals surface area contributed by atoms with Crippen molar-refractivity contribution < 1.29 is 47.7 Å². The number of aliphatic hydroxyl groups is 1. The van der Waals surface area contributed by atoms with Crippen LogP contribution < -0.4 is 26.6 Å². The molecule has 3 aliphatic rings. The Bertz CT molecular complexity index is 2650. The average molecular weight is 921 g/mol. The number of hydrogen-bond acceptors (Lipinski definition) is 19. The van der Waals surface area contributed by atoms with E-state index in [0.717, 1.165) is 10.5 Å². The fraction of sp³-hybridized carbons (Fsp3) is 0.356. The summed E-state index contributed by atoms with van der Waals surface area (Å²) in [6.07, 6.45) is 2.12. The number of ether oxygens (including phenoxy) is 3. The van der Waals surface area contributed by atoms with Crippen molar-refractivity contribution in [1.82, 2.24) is 35.7 Å². The molecule has 344 valence electrons. The molecule has 0 aliphatic carbocycles. The molecule has 2 aromatic heterocycles. The second kappa shape index (κ2) is 19.8. The van der Waals surface area contributed by atoms with Crippen molar-refractivity contribution in [1.29, 1.82) is 0 Å². The van der Waals surface area contributed by atoms with Crippen molar-refractivity contribution in [2.24, 2.45) is 0 Å². The van der Waals surface area contributed by atoms with Crippen molar-refractivity contribution in [2.75, 3.05) is 68.6 Å². The fourth-order valence-corrected chi connectivity index (χ4v) is 7.93. The Hall–Kier alpha value is -6.78. The predicted octanol–water partition coefficient (Wildman–Crippen LogP) is 3.54. The summed E-state index contributed by atoms with van der Waals surface area (Å²) >= 11 is 4.83. The van der Waals surface area contributed by atoms with E-state index in [2.05, 4.69) is 41.8 Å². The Morgan fingerprint density at radius 1 is 0.879 bits per heavy atom. The lowest BCUT2D eigenvalue weighted by molar-refractivity contribution is -0.136. The fourth-order valence-electron chi connectivity index (χ4n) is 7.67. The quantitative estimate of drug-likeness (QED) is 0.0183. The number of nitrogens with one attached hydrogen (secondary N) is 5. The Balaban J connectivity index is 0.775. The summed E-state index contributed by atoms with van der Waals surface area (Å²) in [7, 11) is 0. The molecule has 0 radical (unpaired) electrons. The van der Waals surface area contributed by atoms with Crippen LogP contribution in [0.5, 0.6) is 0 Å². The van der Waals surface area contributed by atoms with Crippen molar-refractivity contribution in [3.05, 3.63) is 107 Å². The van der Waals surface area contributed by atoms with Crippen LogP contribution in [0.4, 0.5) is 23.1 Å². The van der Waals surface area contributed by atoms with Crippen LogP contribution in [0.1, 0.15) is 74.8 Å². The van der Waals surface area contributed by atoms with Crippen LogP contribution in [0, 0.1) is 0 Å². The van der Waals surface area contributed by atoms with Gasteiger partial charge in [0, 0.05) is 55.6 Å². The van der Waals surface area contributed by atoms with Crippen LogP contribution >= 0.6 is 12.6 Å². The second-order valence-corrected chi connectivity index (χ2v) is 16.9. The van der Waals surface area contributed by atoms with Gasteiger partial charge in [0.15, 0.2) is 0 Å². The summed E-state index contributed by atoms with van der Waals surface area (Å²) in [5.41, 5.74) is 3.19. The number of rotatable bonds is 21. The number of esters is 1. The maximum absolute atomic E-state index is 13.1. The van der Waals surface area contributed by atoms with E-state index < -0.39 is 40.1 Å². The van der Waals surface area contributed by atoms with E-state index in [1.807, 2.05) is 50.2 Å². The molecule has 20 nitrogen and oxygen atoms in total. The zero-order valence-electron chi connectivity index (χ0n) is 36.1. The number of cyclic esters (lactones) is 1. The normalized spacial score (nSPS) is 17.2. The van der Waals surface area contributed by atoms with Gasteiger partial charge in [-0.2, -0.15) is 4.98 Å². The van der Waals surface area contributed by atoms with E-state index in [1.54, 1.807) is 30.3 Å². The molecule has 8 rings (SSSR count). The molecule has 21 heteroatoms. The predicted molar refractivity (Wildman–Crippen MR) is 241 cm³/mol. The van der Waals surface area contributed by atoms with Gasteiger partial charge in [0.05, 0.1) is 55.3 Å². The molecule has 1 unspecified atom stereocenters. The number of carbonyl (C=O) groups excluding carboxylic acids is 5. The molecular formula is C45H48N10O10S. The molecular weight excluding hydrogens is 873 g/mol. The van der Waals surface area contributed by atoms with E-state index >= 15 is 0 Å². The van der Waals surface area contributed by atoms with E-state index in [1.165, 1.54) is 6.20 Å². The van der Waals surface area contributed by atoms with Crippen LogP contribution in [-0.4, -0.2) is 118 Å². The smallest absolute Gasteiger partial charge is 0.339 e. The summed E-state index contributed by atoms with van der Waals surface area (Å²) in [6.45, 7) is 6.34. The number of nitrogens with zero attached hydrogens (tertiary/aromatic N) is 5. The van der Waals surface area contributed by atoms with Crippen molar-refractivity contribution in [3.8, 4) is 11.5 Å². The van der Waals surface area contributed by atoms with Gasteiger partial charge in [0.1, 0.15) is 22.3 Å². The van der Waals surface area contributed by atoms with Gasteiger partial charge in [-0.1, -0.05) is 30.3 Å². The van der Waals surface area contributed by atoms with Crippen LogP contribution in [0.2, 0.25) is 0 Å². The Morgan fingerprint density at radius 2 is 1.62 bits per heavy atom. The second-order valence-electron chi connectivity index (χ2n) is 16.1. The number of amides is 4. The molecule has 66 heavy (non-hydrogen) atoms. The number of carbonyl (C=O) groups is 5. The molecule has 3 aromatic carbocycles. The Labute approximate surface area is 384 Å². The highest BCUT2D eigenvalue weighted by Crippen LogP contribution is 2.39. The SMILES string of the molecule is CC1(C)OC(=O)c2ccc(Nc3ncc(-c4nnc(CCNCCOCCOCCNc5ccc6c(c5)C(=O)N(C5CCC(=O)NC5=O)C6=O)o4)c(N[C@@](S)(CO)c4ccccc4)n3)cc21.